The van der Waals surface area contributed by atoms with Gasteiger partial charge in [0.25, 0.3) is 10.2 Å². The Kier molecular flexibility index (Phi) is 7.02. The van der Waals surface area contributed by atoms with E-state index in [9.17, 15) is 13.2 Å². The van der Waals surface area contributed by atoms with Gasteiger partial charge in [-0.1, -0.05) is 19.1 Å². The molecule has 1 fully saturated rings. The van der Waals surface area contributed by atoms with Gasteiger partial charge in [-0.25, -0.2) is 0 Å². The summed E-state index contributed by atoms with van der Waals surface area (Å²) in [6.07, 6.45) is 2.14. The molecular formula is C18H29N3O4S. The second-order valence-corrected chi connectivity index (χ2v) is 8.87. The van der Waals surface area contributed by atoms with Crippen molar-refractivity contribution in [1.29, 1.82) is 0 Å². The summed E-state index contributed by atoms with van der Waals surface area (Å²) in [4.78, 5) is 12.7. The van der Waals surface area contributed by atoms with Crippen molar-refractivity contribution in [1.82, 2.24) is 13.9 Å². The molecular weight excluding hydrogens is 354 g/mol. The van der Waals surface area contributed by atoms with Crippen molar-refractivity contribution in [2.24, 2.45) is 5.92 Å². The Morgan fingerprint density at radius 3 is 2.54 bits per heavy atom. The predicted octanol–water partition coefficient (Wildman–Crippen LogP) is 1.78. The third-order valence-corrected chi connectivity index (χ3v) is 6.69. The molecule has 146 valence electrons. The average Bonchev–Trinajstić information content (AvgIpc) is 2.66. The highest BCUT2D eigenvalue weighted by Gasteiger charge is 2.34. The Morgan fingerprint density at radius 1 is 1.35 bits per heavy atom. The lowest BCUT2D eigenvalue weighted by Gasteiger charge is -2.33. The zero-order valence-electron chi connectivity index (χ0n) is 15.9. The van der Waals surface area contributed by atoms with Gasteiger partial charge in [-0.05, 0) is 37.0 Å². The number of hydrogen-bond donors (Lipinski definition) is 1. The van der Waals surface area contributed by atoms with E-state index in [-0.39, 0.29) is 24.4 Å². The molecule has 0 radical (unpaired) electrons. The van der Waals surface area contributed by atoms with Gasteiger partial charge < -0.3 is 10.1 Å². The Labute approximate surface area is 156 Å². The zero-order chi connectivity index (χ0) is 19.3. The van der Waals surface area contributed by atoms with Gasteiger partial charge >= 0.3 is 0 Å². The average molecular weight is 384 g/mol. The van der Waals surface area contributed by atoms with Crippen molar-refractivity contribution in [3.05, 3.63) is 29.8 Å². The fourth-order valence-electron chi connectivity index (χ4n) is 3.14. The van der Waals surface area contributed by atoms with E-state index >= 15 is 0 Å². The lowest BCUT2D eigenvalue weighted by atomic mass is 9.97. The number of carbonyl (C=O) groups is 1. The normalized spacial score (nSPS) is 20.0. The molecule has 0 spiro atoms. The summed E-state index contributed by atoms with van der Waals surface area (Å²) in [7, 11) is 1.15. The highest BCUT2D eigenvalue weighted by molar-refractivity contribution is 7.86. The van der Waals surface area contributed by atoms with E-state index in [1.54, 1.807) is 7.11 Å². The maximum atomic E-state index is 12.7. The van der Waals surface area contributed by atoms with Crippen LogP contribution in [0.5, 0.6) is 5.75 Å². The van der Waals surface area contributed by atoms with Crippen molar-refractivity contribution in [3.8, 4) is 5.75 Å². The van der Waals surface area contributed by atoms with Crippen LogP contribution in [-0.2, 0) is 15.0 Å². The Balaban J connectivity index is 2.04. The standard InChI is InChI=1S/C18H29N3O4S/c1-5-17(14-8-10-16(25-4)11-9-14)19-18(22)15-7-6-12-21(13-15)26(23,24)20(2)3/h8-11,15,17H,5-7,12-13H2,1-4H3,(H,19,22)/t15-,17+/m0/s1. The molecule has 1 saturated heterocycles. The number of methoxy groups -OCH3 is 1. The molecule has 2 atom stereocenters. The van der Waals surface area contributed by atoms with Crippen LogP contribution < -0.4 is 10.1 Å². The van der Waals surface area contributed by atoms with E-state index < -0.39 is 10.2 Å². The predicted molar refractivity (Wildman–Crippen MR) is 101 cm³/mol. The van der Waals surface area contributed by atoms with E-state index in [2.05, 4.69) is 5.32 Å². The minimum Gasteiger partial charge on any atom is -0.497 e. The molecule has 1 aromatic rings. The smallest absolute Gasteiger partial charge is 0.281 e. The summed E-state index contributed by atoms with van der Waals surface area (Å²) in [5.74, 6) is 0.351. The largest absolute Gasteiger partial charge is 0.497 e. The summed E-state index contributed by atoms with van der Waals surface area (Å²) >= 11 is 0. The molecule has 7 nitrogen and oxygen atoms in total. The molecule has 1 aromatic carbocycles. The molecule has 0 bridgehead atoms. The summed E-state index contributed by atoms with van der Waals surface area (Å²) in [6.45, 7) is 2.70. The molecule has 0 saturated carbocycles. The Bertz CT molecular complexity index is 704. The van der Waals surface area contributed by atoms with E-state index in [0.717, 1.165) is 17.7 Å². The summed E-state index contributed by atoms with van der Waals surface area (Å²) in [5.41, 5.74) is 1.01. The summed E-state index contributed by atoms with van der Waals surface area (Å²) < 4.78 is 32.4. The number of rotatable bonds is 7. The molecule has 8 heteroatoms. The fourth-order valence-corrected chi connectivity index (χ4v) is 4.33. The fraction of sp³-hybridized carbons (Fsp3) is 0.611. The molecule has 1 amide bonds. The van der Waals surface area contributed by atoms with E-state index in [4.69, 9.17) is 4.74 Å². The Morgan fingerprint density at radius 2 is 2.00 bits per heavy atom. The van der Waals surface area contributed by atoms with Crippen molar-refractivity contribution in [2.45, 2.75) is 32.2 Å². The van der Waals surface area contributed by atoms with Crippen LogP contribution in [0.4, 0.5) is 0 Å². The molecule has 1 aliphatic heterocycles. The maximum absolute atomic E-state index is 12.7. The van der Waals surface area contributed by atoms with Gasteiger partial charge in [0, 0.05) is 27.2 Å². The Hall–Kier alpha value is -1.64. The number of amides is 1. The van der Waals surface area contributed by atoms with Crippen LogP contribution in [-0.4, -0.2) is 57.2 Å². The lowest BCUT2D eigenvalue weighted by Crippen LogP contribution is -2.49. The third kappa shape index (κ3) is 4.75. The highest BCUT2D eigenvalue weighted by atomic mass is 32.2. The number of carbonyl (C=O) groups excluding carboxylic acids is 1. The molecule has 0 aliphatic carbocycles. The van der Waals surface area contributed by atoms with Gasteiger partial charge in [-0.2, -0.15) is 17.0 Å². The topological polar surface area (TPSA) is 79.0 Å². The minimum absolute atomic E-state index is 0.0914. The van der Waals surface area contributed by atoms with Crippen LogP contribution in [0.2, 0.25) is 0 Å². The molecule has 2 rings (SSSR count). The van der Waals surface area contributed by atoms with Crippen molar-refractivity contribution in [2.75, 3.05) is 34.3 Å². The number of benzene rings is 1. The van der Waals surface area contributed by atoms with Gasteiger partial charge in [0.2, 0.25) is 5.91 Å². The molecule has 0 unspecified atom stereocenters. The van der Waals surface area contributed by atoms with Gasteiger partial charge in [-0.3, -0.25) is 4.79 Å². The highest BCUT2D eigenvalue weighted by Crippen LogP contribution is 2.24. The van der Waals surface area contributed by atoms with Crippen LogP contribution in [0.25, 0.3) is 0 Å². The van der Waals surface area contributed by atoms with E-state index in [0.29, 0.717) is 19.4 Å². The monoisotopic (exact) mass is 383 g/mol. The molecule has 1 heterocycles. The van der Waals surface area contributed by atoms with Crippen LogP contribution in [0.15, 0.2) is 24.3 Å². The first-order valence-corrected chi connectivity index (χ1v) is 10.3. The van der Waals surface area contributed by atoms with E-state index in [1.807, 2.05) is 31.2 Å². The summed E-state index contributed by atoms with van der Waals surface area (Å²) in [5, 5.41) is 3.08. The quantitative estimate of drug-likeness (QED) is 0.778. The SMILES string of the molecule is CC[C@@H](NC(=O)[C@H]1CCCN(S(=O)(=O)N(C)C)C1)c1ccc(OC)cc1. The summed E-state index contributed by atoms with van der Waals surface area (Å²) in [6, 6.07) is 7.52. The van der Waals surface area contributed by atoms with Crippen LogP contribution in [0.1, 0.15) is 37.8 Å². The first-order valence-electron chi connectivity index (χ1n) is 8.91. The van der Waals surface area contributed by atoms with Gasteiger partial charge in [0.05, 0.1) is 19.1 Å². The number of piperidine rings is 1. The van der Waals surface area contributed by atoms with Gasteiger partial charge in [-0.15, -0.1) is 0 Å². The third-order valence-electron chi connectivity index (χ3n) is 4.79. The number of ether oxygens (including phenoxy) is 1. The van der Waals surface area contributed by atoms with Gasteiger partial charge in [0.15, 0.2) is 0 Å². The number of hydrogen-bond acceptors (Lipinski definition) is 4. The molecule has 26 heavy (non-hydrogen) atoms. The van der Waals surface area contributed by atoms with Crippen molar-refractivity contribution >= 4 is 16.1 Å². The van der Waals surface area contributed by atoms with Crippen molar-refractivity contribution in [3.63, 3.8) is 0 Å². The molecule has 1 N–H and O–H groups in total. The van der Waals surface area contributed by atoms with E-state index in [1.165, 1.54) is 22.7 Å². The maximum Gasteiger partial charge on any atom is 0.281 e. The lowest BCUT2D eigenvalue weighted by molar-refractivity contribution is -0.126. The zero-order valence-corrected chi connectivity index (χ0v) is 16.8. The second-order valence-electron chi connectivity index (χ2n) is 6.73. The van der Waals surface area contributed by atoms with Crippen molar-refractivity contribution < 1.29 is 17.9 Å². The van der Waals surface area contributed by atoms with Crippen LogP contribution in [0, 0.1) is 5.92 Å². The molecule has 1 aliphatic rings. The number of nitrogens with zero attached hydrogens (tertiary/aromatic N) is 2. The van der Waals surface area contributed by atoms with Crippen LogP contribution in [0.3, 0.4) is 0 Å². The number of nitrogens with one attached hydrogen (secondary N) is 1. The first kappa shape index (κ1) is 20.7. The van der Waals surface area contributed by atoms with Crippen LogP contribution >= 0.6 is 0 Å². The van der Waals surface area contributed by atoms with Gasteiger partial charge in [0.1, 0.15) is 5.75 Å². The minimum atomic E-state index is -3.49. The first-order chi connectivity index (χ1) is 12.3. The molecule has 0 aromatic heterocycles. The second kappa shape index (κ2) is 8.83.